The van der Waals surface area contributed by atoms with Gasteiger partial charge in [-0.2, -0.15) is 0 Å². The maximum atomic E-state index is 12.0. The van der Waals surface area contributed by atoms with Gasteiger partial charge < -0.3 is 10.5 Å². The summed E-state index contributed by atoms with van der Waals surface area (Å²) in [5.74, 6) is 0. The SMILES string of the molecule is NCc1ccc(S(=O)(=O)NC[C@@H]2CCCO2)cc1. The standard InChI is InChI=1S/C12H18N2O3S/c13-8-10-3-5-12(6-4-10)18(15,16)14-9-11-2-1-7-17-11/h3-6,11,14H,1-2,7-9,13H2/t11-/m0/s1. The molecule has 0 bridgehead atoms. The van der Waals surface area contributed by atoms with E-state index in [4.69, 9.17) is 10.5 Å². The molecule has 0 unspecified atom stereocenters. The van der Waals surface area contributed by atoms with Crippen LogP contribution in [0.4, 0.5) is 0 Å². The molecule has 1 saturated heterocycles. The lowest BCUT2D eigenvalue weighted by atomic mass is 10.2. The summed E-state index contributed by atoms with van der Waals surface area (Å²) in [7, 11) is -3.44. The van der Waals surface area contributed by atoms with Gasteiger partial charge >= 0.3 is 0 Å². The van der Waals surface area contributed by atoms with Gasteiger partial charge in [-0.15, -0.1) is 0 Å². The molecular formula is C12H18N2O3S. The van der Waals surface area contributed by atoms with Crippen LogP contribution in [0.5, 0.6) is 0 Å². The molecule has 1 aliphatic rings. The lowest BCUT2D eigenvalue weighted by Crippen LogP contribution is -2.31. The highest BCUT2D eigenvalue weighted by molar-refractivity contribution is 7.89. The minimum atomic E-state index is -3.44. The fraction of sp³-hybridized carbons (Fsp3) is 0.500. The Morgan fingerprint density at radius 2 is 2.06 bits per heavy atom. The van der Waals surface area contributed by atoms with E-state index in [1.165, 1.54) is 0 Å². The van der Waals surface area contributed by atoms with Gasteiger partial charge in [-0.1, -0.05) is 12.1 Å². The molecule has 3 N–H and O–H groups in total. The van der Waals surface area contributed by atoms with Crippen molar-refractivity contribution in [3.63, 3.8) is 0 Å². The minimum Gasteiger partial charge on any atom is -0.377 e. The van der Waals surface area contributed by atoms with Gasteiger partial charge in [0.15, 0.2) is 0 Å². The van der Waals surface area contributed by atoms with Crippen LogP contribution in [0, 0.1) is 0 Å². The molecule has 0 radical (unpaired) electrons. The van der Waals surface area contributed by atoms with Gasteiger partial charge in [0, 0.05) is 19.7 Å². The van der Waals surface area contributed by atoms with Crippen molar-refractivity contribution in [2.45, 2.75) is 30.4 Å². The van der Waals surface area contributed by atoms with Gasteiger partial charge in [0.05, 0.1) is 11.0 Å². The van der Waals surface area contributed by atoms with E-state index in [0.717, 1.165) is 25.0 Å². The van der Waals surface area contributed by atoms with Crippen molar-refractivity contribution in [1.29, 1.82) is 0 Å². The van der Waals surface area contributed by atoms with Crippen molar-refractivity contribution < 1.29 is 13.2 Å². The van der Waals surface area contributed by atoms with Crippen molar-refractivity contribution in [1.82, 2.24) is 4.72 Å². The molecule has 0 aliphatic carbocycles. The van der Waals surface area contributed by atoms with Gasteiger partial charge in [0.2, 0.25) is 10.0 Å². The summed E-state index contributed by atoms with van der Waals surface area (Å²) in [4.78, 5) is 0.262. The van der Waals surface area contributed by atoms with Crippen molar-refractivity contribution in [2.24, 2.45) is 5.73 Å². The van der Waals surface area contributed by atoms with Gasteiger partial charge in [-0.05, 0) is 30.5 Å². The molecular weight excluding hydrogens is 252 g/mol. The second-order valence-electron chi connectivity index (χ2n) is 4.34. The molecule has 2 rings (SSSR count). The number of benzene rings is 1. The first-order chi connectivity index (χ1) is 8.62. The van der Waals surface area contributed by atoms with Gasteiger partial charge in [0.25, 0.3) is 0 Å². The summed E-state index contributed by atoms with van der Waals surface area (Å²) in [6.07, 6.45) is 1.91. The van der Waals surface area contributed by atoms with Crippen LogP contribution in [-0.2, 0) is 21.3 Å². The van der Waals surface area contributed by atoms with Crippen molar-refractivity contribution >= 4 is 10.0 Å². The second-order valence-corrected chi connectivity index (χ2v) is 6.10. The van der Waals surface area contributed by atoms with E-state index in [1.807, 2.05) is 0 Å². The zero-order chi connectivity index (χ0) is 13.0. The average molecular weight is 270 g/mol. The van der Waals surface area contributed by atoms with Crippen molar-refractivity contribution in [3.8, 4) is 0 Å². The van der Waals surface area contributed by atoms with E-state index in [1.54, 1.807) is 24.3 Å². The summed E-state index contributed by atoms with van der Waals surface area (Å²) in [5, 5.41) is 0. The van der Waals surface area contributed by atoms with Crippen LogP contribution in [0.15, 0.2) is 29.2 Å². The number of hydrogen-bond donors (Lipinski definition) is 2. The molecule has 6 heteroatoms. The van der Waals surface area contributed by atoms with Crippen molar-refractivity contribution in [3.05, 3.63) is 29.8 Å². The highest BCUT2D eigenvalue weighted by Gasteiger charge is 2.19. The zero-order valence-corrected chi connectivity index (χ0v) is 10.9. The highest BCUT2D eigenvalue weighted by Crippen LogP contribution is 2.13. The van der Waals surface area contributed by atoms with Crippen LogP contribution in [0.3, 0.4) is 0 Å². The number of sulfonamides is 1. The third kappa shape index (κ3) is 3.29. The average Bonchev–Trinajstić information content (AvgIpc) is 2.90. The molecule has 1 aromatic rings. The third-order valence-corrected chi connectivity index (χ3v) is 4.43. The van der Waals surface area contributed by atoms with Gasteiger partial charge in [-0.25, -0.2) is 13.1 Å². The first-order valence-corrected chi connectivity index (χ1v) is 7.50. The van der Waals surface area contributed by atoms with E-state index in [2.05, 4.69) is 4.72 Å². The summed E-state index contributed by atoms with van der Waals surface area (Å²) in [5.41, 5.74) is 6.38. The van der Waals surface area contributed by atoms with Gasteiger partial charge in [0.1, 0.15) is 0 Å². The molecule has 1 aromatic carbocycles. The Morgan fingerprint density at radius 1 is 1.33 bits per heavy atom. The topological polar surface area (TPSA) is 81.4 Å². The summed E-state index contributed by atoms with van der Waals surface area (Å²) < 4.78 is 31.9. The van der Waals surface area contributed by atoms with E-state index in [-0.39, 0.29) is 11.0 Å². The molecule has 1 heterocycles. The number of nitrogens with one attached hydrogen (secondary N) is 1. The number of hydrogen-bond acceptors (Lipinski definition) is 4. The van der Waals surface area contributed by atoms with Crippen LogP contribution in [0.25, 0.3) is 0 Å². The van der Waals surface area contributed by atoms with E-state index in [0.29, 0.717) is 13.1 Å². The molecule has 18 heavy (non-hydrogen) atoms. The van der Waals surface area contributed by atoms with Gasteiger partial charge in [-0.3, -0.25) is 0 Å². The largest absolute Gasteiger partial charge is 0.377 e. The molecule has 1 atom stereocenters. The molecule has 0 spiro atoms. The Bertz CT molecular complexity index is 479. The Hall–Kier alpha value is -0.950. The maximum absolute atomic E-state index is 12.0. The quantitative estimate of drug-likeness (QED) is 0.821. The highest BCUT2D eigenvalue weighted by atomic mass is 32.2. The second kappa shape index (κ2) is 5.79. The smallest absolute Gasteiger partial charge is 0.240 e. The molecule has 0 saturated carbocycles. The fourth-order valence-electron chi connectivity index (χ4n) is 1.90. The first kappa shape index (κ1) is 13.5. The summed E-state index contributed by atoms with van der Waals surface area (Å²) in [6.45, 7) is 1.46. The van der Waals surface area contributed by atoms with E-state index < -0.39 is 10.0 Å². The van der Waals surface area contributed by atoms with E-state index in [9.17, 15) is 8.42 Å². The van der Waals surface area contributed by atoms with Crippen LogP contribution in [0.2, 0.25) is 0 Å². The monoisotopic (exact) mass is 270 g/mol. The normalized spacial score (nSPS) is 20.2. The Labute approximate surface area is 107 Å². The number of ether oxygens (including phenoxy) is 1. The predicted molar refractivity (Wildman–Crippen MR) is 68.5 cm³/mol. The molecule has 0 aromatic heterocycles. The lowest BCUT2D eigenvalue weighted by molar-refractivity contribution is 0.114. The predicted octanol–water partition coefficient (Wildman–Crippen LogP) is 0.603. The Morgan fingerprint density at radius 3 is 2.61 bits per heavy atom. The molecule has 100 valence electrons. The molecule has 0 amide bonds. The van der Waals surface area contributed by atoms with Crippen molar-refractivity contribution in [2.75, 3.05) is 13.2 Å². The zero-order valence-electron chi connectivity index (χ0n) is 10.1. The van der Waals surface area contributed by atoms with Crippen LogP contribution in [-0.4, -0.2) is 27.7 Å². The molecule has 1 aliphatic heterocycles. The molecule has 5 nitrogen and oxygen atoms in total. The maximum Gasteiger partial charge on any atom is 0.240 e. The third-order valence-electron chi connectivity index (χ3n) is 2.99. The summed E-state index contributed by atoms with van der Waals surface area (Å²) >= 11 is 0. The Balaban J connectivity index is 2.00. The van der Waals surface area contributed by atoms with Crippen LogP contribution < -0.4 is 10.5 Å². The first-order valence-electron chi connectivity index (χ1n) is 6.02. The van der Waals surface area contributed by atoms with E-state index >= 15 is 0 Å². The molecule has 1 fully saturated rings. The van der Waals surface area contributed by atoms with Crippen LogP contribution in [0.1, 0.15) is 18.4 Å². The lowest BCUT2D eigenvalue weighted by Gasteiger charge is -2.11. The fourth-order valence-corrected chi connectivity index (χ4v) is 2.96. The number of nitrogens with two attached hydrogens (primary N) is 1. The Kier molecular flexibility index (Phi) is 4.34. The minimum absolute atomic E-state index is 0.00286. The summed E-state index contributed by atoms with van der Waals surface area (Å²) in [6, 6.07) is 6.58. The number of rotatable bonds is 5. The van der Waals surface area contributed by atoms with Crippen LogP contribution >= 0.6 is 0 Å².